The molecule has 2 atom stereocenters. The number of nitrogens with one attached hydrogen (secondary N) is 1. The third-order valence-electron chi connectivity index (χ3n) is 9.41. The van der Waals surface area contributed by atoms with Gasteiger partial charge in [0, 0.05) is 38.5 Å². The number of piperidine rings is 1. The lowest BCUT2D eigenvalue weighted by molar-refractivity contribution is -0.147. The molecule has 2 fully saturated rings. The Bertz CT molecular complexity index is 1480. The lowest BCUT2D eigenvalue weighted by atomic mass is 9.75. The van der Waals surface area contributed by atoms with Crippen LogP contribution in [0.5, 0.6) is 0 Å². The van der Waals surface area contributed by atoms with E-state index in [0.717, 1.165) is 41.5 Å². The zero-order valence-corrected chi connectivity index (χ0v) is 26.7. The third-order valence-corrected chi connectivity index (χ3v) is 9.41. The Morgan fingerprint density at radius 2 is 1.50 bits per heavy atom. The van der Waals surface area contributed by atoms with Gasteiger partial charge in [0.1, 0.15) is 12.1 Å². The molecule has 4 N–H and O–H groups in total. The predicted octanol–water partition coefficient (Wildman–Crippen LogP) is 4.26. The average molecular weight is 623 g/mol. The van der Waals surface area contributed by atoms with E-state index in [1.54, 1.807) is 18.0 Å². The van der Waals surface area contributed by atoms with Gasteiger partial charge in [0.15, 0.2) is 0 Å². The number of carbonyl (C=O) groups excluding carboxylic acids is 3. The summed E-state index contributed by atoms with van der Waals surface area (Å²) < 4.78 is 0. The van der Waals surface area contributed by atoms with E-state index in [-0.39, 0.29) is 29.7 Å². The summed E-state index contributed by atoms with van der Waals surface area (Å²) in [4.78, 5) is 44.6. The minimum atomic E-state index is -0.894. The maximum absolute atomic E-state index is 14.3. The third kappa shape index (κ3) is 8.71. The van der Waals surface area contributed by atoms with Crippen molar-refractivity contribution in [1.82, 2.24) is 15.1 Å². The fourth-order valence-electron chi connectivity index (χ4n) is 6.28. The Morgan fingerprint density at radius 3 is 2.11 bits per heavy atom. The first kappa shape index (κ1) is 33.1. The van der Waals surface area contributed by atoms with Crippen LogP contribution in [0.15, 0.2) is 97.1 Å². The summed E-state index contributed by atoms with van der Waals surface area (Å²) in [5, 5.41) is 13.0. The Labute approximate surface area is 272 Å². The van der Waals surface area contributed by atoms with Crippen molar-refractivity contribution in [2.24, 2.45) is 5.73 Å². The fraction of sp³-hybridized carbons (Fsp3) is 0.395. The van der Waals surface area contributed by atoms with Crippen LogP contribution < -0.4 is 11.1 Å². The van der Waals surface area contributed by atoms with Crippen molar-refractivity contribution >= 4 is 17.7 Å². The van der Waals surface area contributed by atoms with Gasteiger partial charge in [-0.05, 0) is 66.9 Å². The molecule has 0 radical (unpaired) electrons. The molecule has 2 aliphatic rings. The first-order valence-electron chi connectivity index (χ1n) is 16.4. The molecule has 0 unspecified atom stereocenters. The van der Waals surface area contributed by atoms with E-state index >= 15 is 0 Å². The number of carbonyl (C=O) groups is 3. The van der Waals surface area contributed by atoms with Gasteiger partial charge >= 0.3 is 0 Å². The lowest BCUT2D eigenvalue weighted by Gasteiger charge is -2.37. The number of rotatable bonds is 12. The number of aliphatic hydroxyl groups excluding tert-OH is 1. The van der Waals surface area contributed by atoms with Gasteiger partial charge in [-0.1, -0.05) is 91.0 Å². The average Bonchev–Trinajstić information content (AvgIpc) is 3.06. The second-order valence-corrected chi connectivity index (χ2v) is 12.9. The molecule has 0 bridgehead atoms. The molecule has 1 aliphatic heterocycles. The van der Waals surface area contributed by atoms with Gasteiger partial charge in [0.05, 0.1) is 6.10 Å². The van der Waals surface area contributed by atoms with Gasteiger partial charge in [0.25, 0.3) is 0 Å². The number of aliphatic hydroxyl groups is 1. The van der Waals surface area contributed by atoms with Crippen LogP contribution in [0, 0.1) is 0 Å². The normalized spacial score (nSPS) is 17.6. The van der Waals surface area contributed by atoms with E-state index in [1.807, 2.05) is 84.9 Å². The van der Waals surface area contributed by atoms with Gasteiger partial charge < -0.3 is 26.0 Å². The quantitative estimate of drug-likeness (QED) is 0.261. The molecule has 1 aliphatic carbocycles. The van der Waals surface area contributed by atoms with Crippen LogP contribution in [0.1, 0.15) is 49.7 Å². The molecule has 242 valence electrons. The summed E-state index contributed by atoms with van der Waals surface area (Å²) in [6, 6.07) is 26.0. The number of benzene rings is 3. The lowest BCUT2D eigenvalue weighted by Crippen LogP contribution is -2.57. The molecular weight excluding hydrogens is 576 g/mol. The fourth-order valence-corrected chi connectivity index (χ4v) is 6.28. The number of likely N-dealkylation sites (tertiary alicyclic amines) is 1. The molecule has 3 aromatic rings. The molecule has 1 saturated carbocycles. The zero-order valence-electron chi connectivity index (χ0n) is 26.7. The highest BCUT2D eigenvalue weighted by Crippen LogP contribution is 2.32. The number of nitrogens with zero attached hydrogens (tertiary/aromatic N) is 2. The van der Waals surface area contributed by atoms with Gasteiger partial charge in [0.2, 0.25) is 17.7 Å². The largest absolute Gasteiger partial charge is 0.393 e. The maximum Gasteiger partial charge on any atom is 0.245 e. The van der Waals surface area contributed by atoms with Crippen LogP contribution in [-0.4, -0.2) is 76.5 Å². The molecule has 1 heterocycles. The van der Waals surface area contributed by atoms with Crippen LogP contribution in [-0.2, 0) is 27.2 Å². The summed E-state index contributed by atoms with van der Waals surface area (Å²) >= 11 is 0. The number of nitrogens with two attached hydrogens (primary N) is 1. The molecule has 1 saturated heterocycles. The van der Waals surface area contributed by atoms with Gasteiger partial charge in [-0.3, -0.25) is 14.4 Å². The van der Waals surface area contributed by atoms with Gasteiger partial charge in [-0.25, -0.2) is 0 Å². The molecule has 5 rings (SSSR count). The van der Waals surface area contributed by atoms with Crippen LogP contribution >= 0.6 is 0 Å². The van der Waals surface area contributed by atoms with Crippen LogP contribution in [0.4, 0.5) is 0 Å². The number of amides is 3. The summed E-state index contributed by atoms with van der Waals surface area (Å²) in [7, 11) is 1.65. The Hall–Kier alpha value is -4.27. The maximum atomic E-state index is 14.3. The molecule has 0 aromatic heterocycles. The zero-order chi connectivity index (χ0) is 32.5. The molecule has 3 aromatic carbocycles. The van der Waals surface area contributed by atoms with Crippen LogP contribution in [0.2, 0.25) is 0 Å². The highest BCUT2D eigenvalue weighted by Gasteiger charge is 2.36. The summed E-state index contributed by atoms with van der Waals surface area (Å²) in [5.74, 6) is -0.862. The van der Waals surface area contributed by atoms with Crippen molar-refractivity contribution in [3.05, 3.63) is 108 Å². The van der Waals surface area contributed by atoms with E-state index in [4.69, 9.17) is 5.73 Å². The highest BCUT2D eigenvalue weighted by atomic mass is 16.3. The van der Waals surface area contributed by atoms with Crippen molar-refractivity contribution < 1.29 is 19.5 Å². The predicted molar refractivity (Wildman–Crippen MR) is 181 cm³/mol. The smallest absolute Gasteiger partial charge is 0.245 e. The van der Waals surface area contributed by atoms with E-state index in [9.17, 15) is 19.5 Å². The molecule has 0 spiro atoms. The van der Waals surface area contributed by atoms with E-state index in [0.29, 0.717) is 38.8 Å². The van der Waals surface area contributed by atoms with Crippen molar-refractivity contribution in [2.75, 3.05) is 20.1 Å². The topological polar surface area (TPSA) is 116 Å². The molecular formula is C38H46N4O4. The molecule has 3 amide bonds. The molecule has 46 heavy (non-hydrogen) atoms. The second kappa shape index (κ2) is 15.3. The van der Waals surface area contributed by atoms with Crippen LogP contribution in [0.25, 0.3) is 11.1 Å². The standard InChI is InChI=1S/C38H46N4O4/c1-41(34(27-28-10-4-2-5-11-28)37(46)42-24-19-32(43)20-25-42)36(45)33(40-35(44)14-8-21-38(39)22-9-23-38)26-29-15-17-31(18-16-29)30-12-6-3-7-13-30/h2-8,10-18,32-34,43H,9,19-27,39H2,1H3,(H,40,44)/t33-,34-/m1/s1. The molecule has 8 nitrogen and oxygen atoms in total. The Morgan fingerprint density at radius 1 is 0.913 bits per heavy atom. The summed E-state index contributed by atoms with van der Waals surface area (Å²) in [5.41, 5.74) is 10.1. The highest BCUT2D eigenvalue weighted by molar-refractivity contribution is 5.95. The van der Waals surface area contributed by atoms with Crippen molar-refractivity contribution in [3.8, 4) is 11.1 Å². The van der Waals surface area contributed by atoms with Crippen molar-refractivity contribution in [2.45, 2.75) is 75.1 Å². The number of hydrogen-bond acceptors (Lipinski definition) is 5. The number of likely N-dealkylation sites (N-methyl/N-ethyl adjacent to an activating group) is 1. The van der Waals surface area contributed by atoms with E-state index in [1.165, 1.54) is 11.0 Å². The van der Waals surface area contributed by atoms with Gasteiger partial charge in [-0.2, -0.15) is 0 Å². The first-order valence-corrected chi connectivity index (χ1v) is 16.4. The molecule has 8 heteroatoms. The van der Waals surface area contributed by atoms with E-state index < -0.39 is 18.2 Å². The minimum absolute atomic E-state index is 0.155. The minimum Gasteiger partial charge on any atom is -0.393 e. The van der Waals surface area contributed by atoms with Crippen molar-refractivity contribution in [1.29, 1.82) is 0 Å². The second-order valence-electron chi connectivity index (χ2n) is 12.9. The first-order chi connectivity index (χ1) is 22.2. The Balaban J connectivity index is 1.37. The monoisotopic (exact) mass is 622 g/mol. The van der Waals surface area contributed by atoms with Gasteiger partial charge in [-0.15, -0.1) is 0 Å². The number of hydrogen-bond donors (Lipinski definition) is 3. The SMILES string of the molecule is CN(C(=O)[C@@H](Cc1ccc(-c2ccccc2)cc1)NC(=O)C=CCC1(N)CCC1)[C@H](Cc1ccccc1)C(=O)N1CCC(O)CC1. The summed E-state index contributed by atoms with van der Waals surface area (Å²) in [6.45, 7) is 0.878. The van der Waals surface area contributed by atoms with E-state index in [2.05, 4.69) is 5.32 Å². The Kier molecular flexibility index (Phi) is 11.0. The van der Waals surface area contributed by atoms with Crippen LogP contribution in [0.3, 0.4) is 0 Å². The van der Waals surface area contributed by atoms with Crippen molar-refractivity contribution in [3.63, 3.8) is 0 Å². The summed E-state index contributed by atoms with van der Waals surface area (Å²) in [6.07, 6.45) is 8.06.